The van der Waals surface area contributed by atoms with E-state index in [0.29, 0.717) is 12.6 Å². The molecule has 1 heterocycles. The van der Waals surface area contributed by atoms with Crippen LogP contribution >= 0.6 is 0 Å². The molecule has 0 amide bonds. The number of hydrogen-bond donors (Lipinski definition) is 1. The Kier molecular flexibility index (Phi) is 4.85. The Morgan fingerprint density at radius 1 is 1.37 bits per heavy atom. The molecule has 1 aromatic rings. The highest BCUT2D eigenvalue weighted by atomic mass is 19.1. The van der Waals surface area contributed by atoms with Gasteiger partial charge in [0.1, 0.15) is 11.6 Å². The Morgan fingerprint density at radius 2 is 2.05 bits per heavy atom. The molecule has 0 saturated carbocycles. The number of likely N-dealkylation sites (N-methyl/N-ethyl adjacent to an activating group) is 1. The van der Waals surface area contributed by atoms with Crippen LogP contribution in [0.25, 0.3) is 0 Å². The van der Waals surface area contributed by atoms with E-state index < -0.39 is 17.7 Å². The van der Waals surface area contributed by atoms with Crippen LogP contribution in [0.4, 0.5) is 8.78 Å². The van der Waals surface area contributed by atoms with Crippen molar-refractivity contribution >= 4 is 0 Å². The van der Waals surface area contributed by atoms with Gasteiger partial charge in [-0.25, -0.2) is 8.78 Å². The van der Waals surface area contributed by atoms with E-state index >= 15 is 0 Å². The van der Waals surface area contributed by atoms with Crippen LogP contribution in [-0.4, -0.2) is 42.9 Å². The topological polar surface area (TPSA) is 32.7 Å². The predicted molar refractivity (Wildman–Crippen MR) is 67.8 cm³/mol. The van der Waals surface area contributed by atoms with Crippen molar-refractivity contribution in [3.63, 3.8) is 0 Å². The average molecular weight is 271 g/mol. The third-order valence-electron chi connectivity index (χ3n) is 3.60. The highest BCUT2D eigenvalue weighted by molar-refractivity contribution is 5.21. The number of aliphatic hydroxyl groups is 1. The van der Waals surface area contributed by atoms with Gasteiger partial charge in [0.2, 0.25) is 0 Å². The smallest absolute Gasteiger partial charge is 0.131 e. The second-order valence-corrected chi connectivity index (χ2v) is 4.96. The van der Waals surface area contributed by atoms with Crippen molar-refractivity contribution in [1.29, 1.82) is 0 Å². The molecule has 1 N–H and O–H groups in total. The van der Waals surface area contributed by atoms with Crippen molar-refractivity contribution in [3.8, 4) is 0 Å². The van der Waals surface area contributed by atoms with Crippen LogP contribution in [0.1, 0.15) is 24.5 Å². The monoisotopic (exact) mass is 271 g/mol. The number of rotatable bonds is 4. The SMILES string of the molecule is CN(CC(O)c1ccc(F)cc1F)C1CCOCC1. The first-order chi connectivity index (χ1) is 9.08. The van der Waals surface area contributed by atoms with Crippen LogP contribution in [0.5, 0.6) is 0 Å². The number of halogens is 2. The number of benzene rings is 1. The minimum Gasteiger partial charge on any atom is -0.387 e. The van der Waals surface area contributed by atoms with E-state index in [1.807, 2.05) is 11.9 Å². The quantitative estimate of drug-likeness (QED) is 0.910. The van der Waals surface area contributed by atoms with Gasteiger partial charge >= 0.3 is 0 Å². The lowest BCUT2D eigenvalue weighted by Crippen LogP contribution is -2.39. The van der Waals surface area contributed by atoms with E-state index in [-0.39, 0.29) is 5.56 Å². The van der Waals surface area contributed by atoms with Gasteiger partial charge in [0, 0.05) is 37.4 Å². The Morgan fingerprint density at radius 3 is 2.68 bits per heavy atom. The summed E-state index contributed by atoms with van der Waals surface area (Å²) in [5.41, 5.74) is 0.139. The van der Waals surface area contributed by atoms with Crippen molar-refractivity contribution < 1.29 is 18.6 Å². The molecule has 106 valence electrons. The van der Waals surface area contributed by atoms with Gasteiger partial charge in [0.05, 0.1) is 6.10 Å². The van der Waals surface area contributed by atoms with Crippen LogP contribution in [0.15, 0.2) is 18.2 Å². The average Bonchev–Trinajstić information content (AvgIpc) is 2.39. The second-order valence-electron chi connectivity index (χ2n) is 4.96. The van der Waals surface area contributed by atoms with E-state index in [0.717, 1.165) is 38.2 Å². The van der Waals surface area contributed by atoms with E-state index in [1.165, 1.54) is 6.07 Å². The summed E-state index contributed by atoms with van der Waals surface area (Å²) < 4.78 is 31.7. The molecular formula is C14H19F2NO2. The van der Waals surface area contributed by atoms with Crippen molar-refractivity contribution in [1.82, 2.24) is 4.90 Å². The minimum atomic E-state index is -0.951. The summed E-state index contributed by atoms with van der Waals surface area (Å²) in [7, 11) is 1.90. The second kappa shape index (κ2) is 6.41. The molecule has 1 unspecified atom stereocenters. The maximum absolute atomic E-state index is 13.6. The Labute approximate surface area is 111 Å². The fraction of sp³-hybridized carbons (Fsp3) is 0.571. The lowest BCUT2D eigenvalue weighted by Gasteiger charge is -2.32. The first-order valence-corrected chi connectivity index (χ1v) is 6.49. The molecule has 0 radical (unpaired) electrons. The van der Waals surface area contributed by atoms with Crippen molar-refractivity contribution in [2.24, 2.45) is 0 Å². The maximum atomic E-state index is 13.6. The molecule has 0 spiro atoms. The van der Waals surface area contributed by atoms with Gasteiger partial charge in [0.25, 0.3) is 0 Å². The minimum absolute atomic E-state index is 0.139. The number of hydrogen-bond acceptors (Lipinski definition) is 3. The third kappa shape index (κ3) is 3.72. The number of aliphatic hydroxyl groups excluding tert-OH is 1. The molecule has 0 aliphatic carbocycles. The third-order valence-corrected chi connectivity index (χ3v) is 3.60. The summed E-state index contributed by atoms with van der Waals surface area (Å²) in [4.78, 5) is 2.01. The zero-order valence-electron chi connectivity index (χ0n) is 11.0. The van der Waals surface area contributed by atoms with Gasteiger partial charge in [0.15, 0.2) is 0 Å². The molecule has 19 heavy (non-hydrogen) atoms. The molecule has 3 nitrogen and oxygen atoms in total. The Balaban J connectivity index is 1.97. The maximum Gasteiger partial charge on any atom is 0.131 e. The summed E-state index contributed by atoms with van der Waals surface area (Å²) >= 11 is 0. The summed E-state index contributed by atoms with van der Waals surface area (Å²) in [6, 6.07) is 3.60. The standard InChI is InChI=1S/C14H19F2NO2/c1-17(11-4-6-19-7-5-11)9-14(18)12-3-2-10(15)8-13(12)16/h2-3,8,11,14,18H,4-7,9H2,1H3. The summed E-state index contributed by atoms with van der Waals surface area (Å²) in [6.07, 6.45) is 0.873. The Hall–Kier alpha value is -1.04. The van der Waals surface area contributed by atoms with E-state index in [1.54, 1.807) is 0 Å². The lowest BCUT2D eigenvalue weighted by atomic mass is 10.0. The number of ether oxygens (including phenoxy) is 1. The van der Waals surface area contributed by atoms with Gasteiger partial charge in [-0.15, -0.1) is 0 Å². The van der Waals surface area contributed by atoms with Gasteiger partial charge < -0.3 is 14.7 Å². The molecule has 0 bridgehead atoms. The summed E-state index contributed by atoms with van der Waals surface area (Å²) in [6.45, 7) is 1.76. The first kappa shape index (κ1) is 14.4. The molecule has 0 aromatic heterocycles. The predicted octanol–water partition coefficient (Wildman–Crippen LogP) is 2.11. The molecular weight excluding hydrogens is 252 g/mol. The van der Waals surface area contributed by atoms with Gasteiger partial charge in [-0.1, -0.05) is 6.07 Å². The Bertz CT molecular complexity index is 422. The van der Waals surface area contributed by atoms with Crippen LogP contribution in [0.2, 0.25) is 0 Å². The van der Waals surface area contributed by atoms with E-state index in [9.17, 15) is 13.9 Å². The van der Waals surface area contributed by atoms with E-state index in [2.05, 4.69) is 0 Å². The molecule has 1 saturated heterocycles. The molecule has 1 fully saturated rings. The van der Waals surface area contributed by atoms with Gasteiger partial charge in [-0.3, -0.25) is 0 Å². The largest absolute Gasteiger partial charge is 0.387 e. The van der Waals surface area contributed by atoms with Crippen LogP contribution in [0, 0.1) is 11.6 Å². The number of nitrogens with zero attached hydrogens (tertiary/aromatic N) is 1. The summed E-state index contributed by atoms with van der Waals surface area (Å²) in [5, 5.41) is 10.1. The van der Waals surface area contributed by atoms with Crippen LogP contribution in [0.3, 0.4) is 0 Å². The lowest BCUT2D eigenvalue weighted by molar-refractivity contribution is 0.0247. The molecule has 1 aliphatic rings. The molecule has 1 aromatic carbocycles. The highest BCUT2D eigenvalue weighted by Crippen LogP contribution is 2.21. The van der Waals surface area contributed by atoms with Crippen molar-refractivity contribution in [2.45, 2.75) is 25.0 Å². The fourth-order valence-corrected chi connectivity index (χ4v) is 2.42. The summed E-state index contributed by atoms with van der Waals surface area (Å²) in [5.74, 6) is -1.33. The zero-order chi connectivity index (χ0) is 13.8. The normalized spacial score (nSPS) is 18.8. The van der Waals surface area contributed by atoms with Crippen LogP contribution in [-0.2, 0) is 4.74 Å². The van der Waals surface area contributed by atoms with Crippen molar-refractivity contribution in [2.75, 3.05) is 26.8 Å². The van der Waals surface area contributed by atoms with E-state index in [4.69, 9.17) is 4.74 Å². The van der Waals surface area contributed by atoms with Crippen molar-refractivity contribution in [3.05, 3.63) is 35.4 Å². The molecule has 5 heteroatoms. The first-order valence-electron chi connectivity index (χ1n) is 6.49. The zero-order valence-corrected chi connectivity index (χ0v) is 11.0. The molecule has 1 atom stereocenters. The molecule has 1 aliphatic heterocycles. The van der Waals surface area contributed by atoms with Crippen LogP contribution < -0.4 is 0 Å². The van der Waals surface area contributed by atoms with Gasteiger partial charge in [-0.05, 0) is 26.0 Å². The van der Waals surface area contributed by atoms with Gasteiger partial charge in [-0.2, -0.15) is 0 Å². The fourth-order valence-electron chi connectivity index (χ4n) is 2.42. The molecule has 2 rings (SSSR count). The highest BCUT2D eigenvalue weighted by Gasteiger charge is 2.22.